The number of fused-ring (bicyclic) bond motifs is 1. The van der Waals surface area contributed by atoms with Gasteiger partial charge in [-0.25, -0.2) is 8.42 Å². The molecular weight excluding hydrogens is 400 g/mol. The highest BCUT2D eigenvalue weighted by molar-refractivity contribution is 7.92. The highest BCUT2D eigenvalue weighted by atomic mass is 32.2. The summed E-state index contributed by atoms with van der Waals surface area (Å²) in [5.41, 5.74) is 2.66. The predicted molar refractivity (Wildman–Crippen MR) is 115 cm³/mol. The van der Waals surface area contributed by atoms with Crippen molar-refractivity contribution in [3.05, 3.63) is 59.7 Å². The summed E-state index contributed by atoms with van der Waals surface area (Å²) in [6, 6.07) is 14.5. The number of rotatable bonds is 7. The summed E-state index contributed by atoms with van der Waals surface area (Å²) in [6.45, 7) is 2.54. The minimum atomic E-state index is -3.64. The molecule has 1 aliphatic heterocycles. The topological polar surface area (TPSA) is 83.6 Å². The van der Waals surface area contributed by atoms with Gasteiger partial charge < -0.3 is 10.2 Å². The van der Waals surface area contributed by atoms with Gasteiger partial charge in [-0.3, -0.25) is 9.59 Å². The highest BCUT2D eigenvalue weighted by Crippen LogP contribution is 2.37. The van der Waals surface area contributed by atoms with Crippen LogP contribution in [0.3, 0.4) is 0 Å². The molecule has 0 unspecified atom stereocenters. The van der Waals surface area contributed by atoms with E-state index in [9.17, 15) is 18.0 Å². The lowest BCUT2D eigenvalue weighted by atomic mass is 10.2. The van der Waals surface area contributed by atoms with Crippen LogP contribution < -0.4 is 10.2 Å². The quantitative estimate of drug-likeness (QED) is 0.738. The van der Waals surface area contributed by atoms with Crippen LogP contribution in [0.15, 0.2) is 53.4 Å². The molecular formula is C23H26N2O4S. The van der Waals surface area contributed by atoms with Crippen molar-refractivity contribution >= 4 is 27.3 Å². The van der Waals surface area contributed by atoms with Gasteiger partial charge in [-0.2, -0.15) is 0 Å². The first kappa shape index (κ1) is 20.6. The van der Waals surface area contributed by atoms with E-state index in [0.717, 1.165) is 29.7 Å². The highest BCUT2D eigenvalue weighted by Gasteiger charge is 2.37. The van der Waals surface area contributed by atoms with Gasteiger partial charge in [-0.15, -0.1) is 0 Å². The molecule has 2 aromatic carbocycles. The van der Waals surface area contributed by atoms with Crippen LogP contribution in [0.4, 0.5) is 5.69 Å². The smallest absolute Gasteiger partial charge is 0.230 e. The summed E-state index contributed by atoms with van der Waals surface area (Å²) < 4.78 is 26.0. The lowest BCUT2D eigenvalue weighted by Gasteiger charge is -2.18. The zero-order valence-corrected chi connectivity index (χ0v) is 17.8. The molecule has 30 heavy (non-hydrogen) atoms. The third-order valence-electron chi connectivity index (χ3n) is 5.80. The summed E-state index contributed by atoms with van der Waals surface area (Å²) in [5.74, 6) is -0.0149. The lowest BCUT2D eigenvalue weighted by Crippen LogP contribution is -2.30. The van der Waals surface area contributed by atoms with Crippen LogP contribution in [-0.2, 0) is 32.4 Å². The monoisotopic (exact) mass is 426 g/mol. The van der Waals surface area contributed by atoms with Crippen LogP contribution in [-0.4, -0.2) is 32.0 Å². The number of carbonyl (C=O) groups excluding carboxylic acids is 2. The van der Waals surface area contributed by atoms with Crippen molar-refractivity contribution in [2.45, 2.75) is 49.3 Å². The third-order valence-corrected chi connectivity index (χ3v) is 7.94. The van der Waals surface area contributed by atoms with E-state index in [2.05, 4.69) is 5.32 Å². The first-order valence-electron chi connectivity index (χ1n) is 10.3. The number of amides is 2. The fourth-order valence-electron chi connectivity index (χ4n) is 3.81. The van der Waals surface area contributed by atoms with E-state index in [1.165, 1.54) is 0 Å². The second-order valence-corrected chi connectivity index (χ2v) is 10.5. The Morgan fingerprint density at radius 3 is 2.57 bits per heavy atom. The Morgan fingerprint density at radius 2 is 1.87 bits per heavy atom. The molecule has 1 heterocycles. The summed E-state index contributed by atoms with van der Waals surface area (Å²) in [7, 11) is -3.64. The van der Waals surface area contributed by atoms with Crippen molar-refractivity contribution < 1.29 is 18.0 Å². The second-order valence-electron chi connectivity index (χ2n) is 8.13. The Kier molecular flexibility index (Phi) is 5.64. The van der Waals surface area contributed by atoms with Crippen LogP contribution in [0, 0.1) is 5.92 Å². The Bertz CT molecular complexity index is 1060. The molecule has 0 saturated heterocycles. The third kappa shape index (κ3) is 4.26. The van der Waals surface area contributed by atoms with Crippen molar-refractivity contribution in [2.75, 3.05) is 11.4 Å². The normalized spacial score (nSPS) is 16.8. The minimum Gasteiger partial charge on any atom is -0.352 e. The van der Waals surface area contributed by atoms with Crippen molar-refractivity contribution in [2.24, 2.45) is 5.92 Å². The number of hydrogen-bond donors (Lipinski definition) is 1. The summed E-state index contributed by atoms with van der Waals surface area (Å²) in [4.78, 5) is 26.7. The van der Waals surface area contributed by atoms with Crippen molar-refractivity contribution in [1.82, 2.24) is 5.32 Å². The molecule has 6 nitrogen and oxygen atoms in total. The van der Waals surface area contributed by atoms with Gasteiger partial charge in [0.2, 0.25) is 11.8 Å². The SMILES string of the molecule is C[C@H](CC(=O)NCc1ccccc1)S(=O)(=O)c1ccc2c(c1)CCN2C(=O)C1CC1. The van der Waals surface area contributed by atoms with Crippen LogP contribution in [0.2, 0.25) is 0 Å². The molecule has 2 aromatic rings. The average molecular weight is 427 g/mol. The molecule has 1 fully saturated rings. The van der Waals surface area contributed by atoms with Crippen molar-refractivity contribution in [3.63, 3.8) is 0 Å². The Labute approximate surface area is 177 Å². The fourth-order valence-corrected chi connectivity index (χ4v) is 5.21. The van der Waals surface area contributed by atoms with Gasteiger partial charge in [0, 0.05) is 31.1 Å². The van der Waals surface area contributed by atoms with Crippen LogP contribution >= 0.6 is 0 Å². The van der Waals surface area contributed by atoms with E-state index in [0.29, 0.717) is 19.5 Å². The maximum absolute atomic E-state index is 13.0. The number of benzene rings is 2. The number of nitrogens with one attached hydrogen (secondary N) is 1. The Hall–Kier alpha value is -2.67. The molecule has 1 atom stereocenters. The molecule has 0 aromatic heterocycles. The maximum atomic E-state index is 13.0. The zero-order valence-electron chi connectivity index (χ0n) is 17.0. The first-order chi connectivity index (χ1) is 14.4. The van der Waals surface area contributed by atoms with Gasteiger partial charge in [0.05, 0.1) is 10.1 Å². The molecule has 0 bridgehead atoms. The molecule has 1 saturated carbocycles. The van der Waals surface area contributed by atoms with Crippen molar-refractivity contribution in [1.29, 1.82) is 0 Å². The molecule has 1 aliphatic carbocycles. The molecule has 2 amide bonds. The van der Waals surface area contributed by atoms with E-state index in [-0.39, 0.29) is 29.0 Å². The minimum absolute atomic E-state index is 0.0987. The first-order valence-corrected chi connectivity index (χ1v) is 11.9. The molecule has 2 aliphatic rings. The van der Waals surface area contributed by atoms with Gasteiger partial charge in [0.1, 0.15) is 0 Å². The molecule has 1 N–H and O–H groups in total. The van der Waals surface area contributed by atoms with Gasteiger partial charge in [-0.1, -0.05) is 30.3 Å². The number of nitrogens with zero attached hydrogens (tertiary/aromatic N) is 1. The fraction of sp³-hybridized carbons (Fsp3) is 0.391. The largest absolute Gasteiger partial charge is 0.352 e. The second kappa shape index (κ2) is 8.22. The van der Waals surface area contributed by atoms with E-state index >= 15 is 0 Å². The number of carbonyl (C=O) groups is 2. The van der Waals surface area contributed by atoms with E-state index in [1.807, 2.05) is 30.3 Å². The molecule has 0 spiro atoms. The molecule has 0 radical (unpaired) electrons. The number of hydrogen-bond acceptors (Lipinski definition) is 4. The van der Waals surface area contributed by atoms with Gasteiger partial charge >= 0.3 is 0 Å². The zero-order chi connectivity index (χ0) is 21.3. The summed E-state index contributed by atoms with van der Waals surface area (Å²) in [5, 5.41) is 1.95. The van der Waals surface area contributed by atoms with E-state index in [1.54, 1.807) is 30.0 Å². The standard InChI is InChI=1S/C23H26N2O4S/c1-16(13-22(26)24-15-17-5-3-2-4-6-17)30(28,29)20-9-10-21-19(14-20)11-12-25(21)23(27)18-7-8-18/h2-6,9-10,14,16,18H,7-8,11-13,15H2,1H3,(H,24,26)/t16-/m1/s1. The van der Waals surface area contributed by atoms with Crippen LogP contribution in [0.5, 0.6) is 0 Å². The Balaban J connectivity index is 1.41. The van der Waals surface area contributed by atoms with E-state index < -0.39 is 15.1 Å². The van der Waals surface area contributed by atoms with E-state index in [4.69, 9.17) is 0 Å². The average Bonchev–Trinajstić information content (AvgIpc) is 3.51. The van der Waals surface area contributed by atoms with Gasteiger partial charge in [-0.05, 0) is 55.5 Å². The van der Waals surface area contributed by atoms with Gasteiger partial charge in [0.15, 0.2) is 9.84 Å². The van der Waals surface area contributed by atoms with Crippen LogP contribution in [0.25, 0.3) is 0 Å². The summed E-state index contributed by atoms with van der Waals surface area (Å²) >= 11 is 0. The number of anilines is 1. The van der Waals surface area contributed by atoms with Crippen LogP contribution in [0.1, 0.15) is 37.3 Å². The summed E-state index contributed by atoms with van der Waals surface area (Å²) in [6.07, 6.45) is 2.45. The van der Waals surface area contributed by atoms with Crippen molar-refractivity contribution in [3.8, 4) is 0 Å². The molecule has 7 heteroatoms. The predicted octanol–water partition coefficient (Wildman–Crippen LogP) is 2.85. The lowest BCUT2D eigenvalue weighted by molar-refractivity contribution is -0.121. The molecule has 4 rings (SSSR count). The van der Waals surface area contributed by atoms with Gasteiger partial charge in [0.25, 0.3) is 0 Å². The Morgan fingerprint density at radius 1 is 1.13 bits per heavy atom. The maximum Gasteiger partial charge on any atom is 0.230 e. The number of sulfone groups is 1. The molecule has 158 valence electrons.